The number of aryl methyl sites for hydroxylation is 1. The zero-order chi connectivity index (χ0) is 12.0. The summed E-state index contributed by atoms with van der Waals surface area (Å²) < 4.78 is 0. The molecule has 1 N–H and O–H groups in total. The van der Waals surface area contributed by atoms with Crippen LogP contribution >= 0.6 is 0 Å². The van der Waals surface area contributed by atoms with Crippen molar-refractivity contribution in [3.8, 4) is 0 Å². The molecule has 1 saturated carbocycles. The van der Waals surface area contributed by atoms with Crippen LogP contribution in [-0.2, 0) is 5.41 Å². The van der Waals surface area contributed by atoms with E-state index in [1.807, 2.05) is 0 Å². The van der Waals surface area contributed by atoms with Gasteiger partial charge in [-0.2, -0.15) is 0 Å². The van der Waals surface area contributed by atoms with Gasteiger partial charge in [-0.1, -0.05) is 50.6 Å². The lowest BCUT2D eigenvalue weighted by Gasteiger charge is -2.38. The van der Waals surface area contributed by atoms with Gasteiger partial charge in [0.1, 0.15) is 0 Å². The summed E-state index contributed by atoms with van der Waals surface area (Å²) in [4.78, 5) is 0. The first-order valence-electron chi connectivity index (χ1n) is 6.10. The maximum absolute atomic E-state index is 9.92. The predicted octanol–water partition coefficient (Wildman–Crippen LogP) is 3.43. The Morgan fingerprint density at radius 2 is 1.62 bits per heavy atom. The van der Waals surface area contributed by atoms with E-state index in [1.54, 1.807) is 0 Å². The third-order valence-electron chi connectivity index (χ3n) is 4.57. The Bertz CT molecular complexity index is 377. The van der Waals surface area contributed by atoms with Gasteiger partial charge in [-0.05, 0) is 30.7 Å². The highest BCUT2D eigenvalue weighted by Gasteiger charge is 2.49. The van der Waals surface area contributed by atoms with E-state index in [2.05, 4.69) is 52.0 Å². The highest BCUT2D eigenvalue weighted by atomic mass is 16.3. The summed E-state index contributed by atoms with van der Waals surface area (Å²) in [6.45, 7) is 8.93. The lowest BCUT2D eigenvalue weighted by atomic mass is 9.65. The van der Waals surface area contributed by atoms with Crippen molar-refractivity contribution in [1.82, 2.24) is 0 Å². The van der Waals surface area contributed by atoms with Crippen LogP contribution < -0.4 is 0 Å². The average Bonchev–Trinajstić information content (AvgIpc) is 2.37. The molecular weight excluding hydrogens is 196 g/mol. The van der Waals surface area contributed by atoms with E-state index < -0.39 is 0 Å². The first-order valence-corrected chi connectivity index (χ1v) is 6.10. The number of benzene rings is 1. The van der Waals surface area contributed by atoms with Gasteiger partial charge >= 0.3 is 0 Å². The second-order valence-corrected chi connectivity index (χ2v) is 6.14. The Morgan fingerprint density at radius 1 is 1.06 bits per heavy atom. The lowest BCUT2D eigenvalue weighted by molar-refractivity contribution is 0.168. The quantitative estimate of drug-likeness (QED) is 0.765. The summed E-state index contributed by atoms with van der Waals surface area (Å²) in [5, 5.41) is 9.92. The Labute approximate surface area is 98.5 Å². The van der Waals surface area contributed by atoms with Crippen molar-refractivity contribution < 1.29 is 5.11 Å². The third-order valence-corrected chi connectivity index (χ3v) is 4.57. The molecule has 16 heavy (non-hydrogen) atoms. The molecular formula is C15H22O. The van der Waals surface area contributed by atoms with Gasteiger partial charge in [-0.3, -0.25) is 0 Å². The van der Waals surface area contributed by atoms with Crippen molar-refractivity contribution in [2.45, 2.75) is 52.1 Å². The molecule has 88 valence electrons. The fourth-order valence-corrected chi connectivity index (χ4v) is 3.06. The largest absolute Gasteiger partial charge is 0.393 e. The molecule has 0 unspecified atom stereocenters. The molecule has 2 rings (SSSR count). The van der Waals surface area contributed by atoms with Crippen molar-refractivity contribution >= 4 is 0 Å². The van der Waals surface area contributed by atoms with E-state index in [0.29, 0.717) is 0 Å². The molecule has 0 radical (unpaired) electrons. The zero-order valence-corrected chi connectivity index (χ0v) is 10.7. The first kappa shape index (κ1) is 11.7. The average molecular weight is 218 g/mol. The Balaban J connectivity index is 2.42. The molecule has 0 saturated heterocycles. The fourth-order valence-electron chi connectivity index (χ4n) is 3.06. The van der Waals surface area contributed by atoms with Crippen molar-refractivity contribution in [2.24, 2.45) is 5.41 Å². The third kappa shape index (κ3) is 1.67. The van der Waals surface area contributed by atoms with Gasteiger partial charge < -0.3 is 5.11 Å². The van der Waals surface area contributed by atoms with Gasteiger partial charge in [-0.25, -0.2) is 0 Å². The molecule has 0 bridgehead atoms. The molecule has 0 spiro atoms. The summed E-state index contributed by atoms with van der Waals surface area (Å²) in [6.07, 6.45) is 1.63. The van der Waals surface area contributed by atoms with Gasteiger partial charge in [0.05, 0.1) is 6.10 Å². The Morgan fingerprint density at radius 3 is 2.06 bits per heavy atom. The fraction of sp³-hybridized carbons (Fsp3) is 0.600. The molecule has 1 aromatic rings. The standard InChI is InChI=1S/C15H22O/c1-11-5-7-12(8-6-11)15(4)10-13(16)9-14(15,2)3/h5-8,13,16H,9-10H2,1-4H3/t13-,15+/m1/s1. The van der Waals surface area contributed by atoms with Crippen LogP contribution in [0.5, 0.6) is 0 Å². The van der Waals surface area contributed by atoms with Crippen molar-refractivity contribution in [1.29, 1.82) is 0 Å². The van der Waals surface area contributed by atoms with Gasteiger partial charge in [0.25, 0.3) is 0 Å². The zero-order valence-electron chi connectivity index (χ0n) is 10.7. The first-order chi connectivity index (χ1) is 7.35. The van der Waals surface area contributed by atoms with E-state index in [0.717, 1.165) is 12.8 Å². The second-order valence-electron chi connectivity index (χ2n) is 6.14. The molecule has 0 heterocycles. The molecule has 1 fully saturated rings. The van der Waals surface area contributed by atoms with Crippen molar-refractivity contribution in [3.05, 3.63) is 35.4 Å². The van der Waals surface area contributed by atoms with E-state index in [4.69, 9.17) is 0 Å². The summed E-state index contributed by atoms with van der Waals surface area (Å²) in [5.74, 6) is 0. The van der Waals surface area contributed by atoms with Crippen molar-refractivity contribution in [3.63, 3.8) is 0 Å². The number of hydrogen-bond acceptors (Lipinski definition) is 1. The number of aliphatic hydroxyl groups is 1. The van der Waals surface area contributed by atoms with E-state index in [1.165, 1.54) is 11.1 Å². The SMILES string of the molecule is Cc1ccc([C@]2(C)C[C@H](O)CC2(C)C)cc1. The minimum atomic E-state index is -0.152. The smallest absolute Gasteiger partial charge is 0.0554 e. The maximum Gasteiger partial charge on any atom is 0.0554 e. The lowest BCUT2D eigenvalue weighted by Crippen LogP contribution is -2.33. The van der Waals surface area contributed by atoms with Gasteiger partial charge in [0, 0.05) is 5.41 Å². The van der Waals surface area contributed by atoms with Crippen molar-refractivity contribution in [2.75, 3.05) is 0 Å². The Kier molecular flexibility index (Phi) is 2.62. The van der Waals surface area contributed by atoms with Crippen LogP contribution in [0.4, 0.5) is 0 Å². The van der Waals surface area contributed by atoms with Crippen LogP contribution in [0.3, 0.4) is 0 Å². The second kappa shape index (κ2) is 3.59. The van der Waals surface area contributed by atoms with Gasteiger partial charge in [0.15, 0.2) is 0 Å². The molecule has 0 amide bonds. The summed E-state index contributed by atoms with van der Waals surface area (Å²) in [7, 11) is 0. The van der Waals surface area contributed by atoms with Crippen LogP contribution in [0.2, 0.25) is 0 Å². The molecule has 1 nitrogen and oxygen atoms in total. The van der Waals surface area contributed by atoms with E-state index in [-0.39, 0.29) is 16.9 Å². The highest BCUT2D eigenvalue weighted by Crippen LogP contribution is 2.53. The minimum Gasteiger partial charge on any atom is -0.393 e. The van der Waals surface area contributed by atoms with E-state index in [9.17, 15) is 5.11 Å². The number of hydrogen-bond donors (Lipinski definition) is 1. The maximum atomic E-state index is 9.92. The van der Waals surface area contributed by atoms with E-state index >= 15 is 0 Å². The highest BCUT2D eigenvalue weighted by molar-refractivity contribution is 5.32. The summed E-state index contributed by atoms with van der Waals surface area (Å²) in [5.41, 5.74) is 2.92. The molecule has 0 aliphatic heterocycles. The van der Waals surface area contributed by atoms with Crippen LogP contribution in [0, 0.1) is 12.3 Å². The van der Waals surface area contributed by atoms with Gasteiger partial charge in [-0.15, -0.1) is 0 Å². The van der Waals surface area contributed by atoms with Crippen LogP contribution in [0.25, 0.3) is 0 Å². The number of rotatable bonds is 1. The van der Waals surface area contributed by atoms with Crippen LogP contribution in [0.1, 0.15) is 44.7 Å². The molecule has 2 atom stereocenters. The minimum absolute atomic E-state index is 0.0973. The predicted molar refractivity (Wildman–Crippen MR) is 67.6 cm³/mol. The monoisotopic (exact) mass is 218 g/mol. The molecule has 1 aliphatic carbocycles. The summed E-state index contributed by atoms with van der Waals surface area (Å²) >= 11 is 0. The van der Waals surface area contributed by atoms with Crippen LogP contribution in [-0.4, -0.2) is 11.2 Å². The topological polar surface area (TPSA) is 20.2 Å². The Hall–Kier alpha value is -0.820. The van der Waals surface area contributed by atoms with Gasteiger partial charge in [0.2, 0.25) is 0 Å². The normalized spacial score (nSPS) is 32.9. The molecule has 0 aromatic heterocycles. The summed E-state index contributed by atoms with van der Waals surface area (Å²) in [6, 6.07) is 8.77. The van der Waals surface area contributed by atoms with Crippen LogP contribution in [0.15, 0.2) is 24.3 Å². The molecule has 1 aromatic carbocycles. The molecule has 1 aliphatic rings. The number of aliphatic hydroxyl groups excluding tert-OH is 1. The molecule has 1 heteroatoms.